The van der Waals surface area contributed by atoms with Crippen molar-refractivity contribution in [2.24, 2.45) is 5.73 Å². The summed E-state index contributed by atoms with van der Waals surface area (Å²) < 4.78 is 23.4. The minimum Gasteiger partial charge on any atom is -0.506 e. The normalized spacial score (nSPS) is 13.7. The summed E-state index contributed by atoms with van der Waals surface area (Å²) in [7, 11) is 1.33. The van der Waals surface area contributed by atoms with Crippen molar-refractivity contribution in [3.63, 3.8) is 0 Å². The van der Waals surface area contributed by atoms with Crippen LogP contribution in [0.4, 0.5) is 4.39 Å². The molecule has 0 aliphatic heterocycles. The van der Waals surface area contributed by atoms with E-state index in [0.717, 1.165) is 0 Å². The first-order chi connectivity index (χ1) is 8.93. The van der Waals surface area contributed by atoms with Crippen LogP contribution in [0.15, 0.2) is 12.1 Å². The van der Waals surface area contributed by atoms with Crippen molar-refractivity contribution in [2.45, 2.75) is 19.1 Å². The molecule has 0 aliphatic carbocycles. The number of esters is 1. The Labute approximate surface area is 115 Å². The number of hydrogen-bond acceptors (Lipinski definition) is 5. The number of rotatable bonds is 5. The molecular formula is C12H15ClFNO4. The lowest BCUT2D eigenvalue weighted by Crippen LogP contribution is -2.31. The Morgan fingerprint density at radius 1 is 1.58 bits per heavy atom. The maximum absolute atomic E-state index is 13.9. The van der Waals surface area contributed by atoms with Gasteiger partial charge in [-0.3, -0.25) is 0 Å². The molecule has 0 fully saturated rings. The van der Waals surface area contributed by atoms with E-state index < -0.39 is 23.9 Å². The van der Waals surface area contributed by atoms with Crippen LogP contribution in [0, 0.1) is 0 Å². The predicted octanol–water partition coefficient (Wildman–Crippen LogP) is 1.96. The van der Waals surface area contributed by atoms with E-state index >= 15 is 0 Å². The molecule has 0 saturated carbocycles. The molecule has 7 heteroatoms. The SMILES string of the molecule is CCOC(=O)C(F)[C@H](N)c1c(OC)ccc(Cl)c1O. The molecule has 1 aromatic carbocycles. The molecule has 0 bridgehead atoms. The van der Waals surface area contributed by atoms with Crippen LogP contribution in [0.3, 0.4) is 0 Å². The molecule has 106 valence electrons. The van der Waals surface area contributed by atoms with E-state index in [4.69, 9.17) is 22.1 Å². The maximum Gasteiger partial charge on any atom is 0.342 e. The molecule has 1 aromatic rings. The monoisotopic (exact) mass is 291 g/mol. The number of methoxy groups -OCH3 is 1. The standard InChI is InChI=1S/C12H15ClFNO4/c1-3-19-12(17)9(14)10(15)8-7(18-2)5-4-6(13)11(8)16/h4-5,9-10,16H,3,15H2,1-2H3/t9?,10-/m1/s1. The number of alkyl halides is 1. The highest BCUT2D eigenvalue weighted by atomic mass is 35.5. The number of phenolic OH excluding ortho intramolecular Hbond substituents is 1. The molecule has 3 N–H and O–H groups in total. The third kappa shape index (κ3) is 3.27. The van der Waals surface area contributed by atoms with Gasteiger partial charge in [0.1, 0.15) is 11.5 Å². The van der Waals surface area contributed by atoms with Gasteiger partial charge in [-0.05, 0) is 19.1 Å². The smallest absolute Gasteiger partial charge is 0.342 e. The Hall–Kier alpha value is -1.53. The number of ether oxygens (including phenoxy) is 2. The fraction of sp³-hybridized carbons (Fsp3) is 0.417. The van der Waals surface area contributed by atoms with E-state index in [0.29, 0.717) is 0 Å². The molecule has 0 heterocycles. The lowest BCUT2D eigenvalue weighted by molar-refractivity contribution is -0.149. The van der Waals surface area contributed by atoms with Gasteiger partial charge in [-0.15, -0.1) is 0 Å². The predicted molar refractivity (Wildman–Crippen MR) is 68.1 cm³/mol. The molecule has 0 aromatic heterocycles. The second-order valence-corrected chi connectivity index (χ2v) is 4.10. The molecule has 0 saturated heterocycles. The van der Waals surface area contributed by atoms with Crippen molar-refractivity contribution in [1.82, 2.24) is 0 Å². The third-order valence-corrected chi connectivity index (χ3v) is 2.81. The van der Waals surface area contributed by atoms with Crippen molar-refractivity contribution in [3.05, 3.63) is 22.7 Å². The van der Waals surface area contributed by atoms with Crippen LogP contribution in [0.1, 0.15) is 18.5 Å². The number of aromatic hydroxyl groups is 1. The molecule has 0 aliphatic rings. The van der Waals surface area contributed by atoms with Crippen molar-refractivity contribution >= 4 is 17.6 Å². The lowest BCUT2D eigenvalue weighted by atomic mass is 10.0. The first-order valence-electron chi connectivity index (χ1n) is 5.55. The molecule has 2 atom stereocenters. The van der Waals surface area contributed by atoms with Crippen LogP contribution in [-0.4, -0.2) is 31.0 Å². The average molecular weight is 292 g/mol. The fourth-order valence-electron chi connectivity index (χ4n) is 1.58. The zero-order valence-corrected chi connectivity index (χ0v) is 11.3. The minimum absolute atomic E-state index is 0.0118. The quantitative estimate of drug-likeness (QED) is 0.810. The van der Waals surface area contributed by atoms with E-state index in [9.17, 15) is 14.3 Å². The molecule has 1 unspecified atom stereocenters. The van der Waals surface area contributed by atoms with Gasteiger partial charge in [0.15, 0.2) is 0 Å². The third-order valence-electron chi connectivity index (χ3n) is 2.51. The topological polar surface area (TPSA) is 81.8 Å². The summed E-state index contributed by atoms with van der Waals surface area (Å²) in [4.78, 5) is 11.3. The maximum atomic E-state index is 13.9. The number of hydrogen-bond donors (Lipinski definition) is 2. The Morgan fingerprint density at radius 3 is 2.74 bits per heavy atom. The van der Waals surface area contributed by atoms with E-state index in [-0.39, 0.29) is 22.9 Å². The zero-order chi connectivity index (χ0) is 14.6. The van der Waals surface area contributed by atoms with Gasteiger partial charge in [0.25, 0.3) is 0 Å². The Bertz CT molecular complexity index is 469. The van der Waals surface area contributed by atoms with Crippen molar-refractivity contribution < 1.29 is 23.8 Å². The van der Waals surface area contributed by atoms with Crippen molar-refractivity contribution in [1.29, 1.82) is 0 Å². The van der Waals surface area contributed by atoms with Gasteiger partial charge < -0.3 is 20.3 Å². The van der Waals surface area contributed by atoms with E-state index in [1.54, 1.807) is 6.92 Å². The summed E-state index contributed by atoms with van der Waals surface area (Å²) in [6.07, 6.45) is -2.13. The van der Waals surface area contributed by atoms with Crippen LogP contribution < -0.4 is 10.5 Å². The van der Waals surface area contributed by atoms with Crippen molar-refractivity contribution in [3.8, 4) is 11.5 Å². The van der Waals surface area contributed by atoms with Gasteiger partial charge in [-0.2, -0.15) is 0 Å². The van der Waals surface area contributed by atoms with Crippen molar-refractivity contribution in [2.75, 3.05) is 13.7 Å². The summed E-state index contributed by atoms with van der Waals surface area (Å²) in [5.74, 6) is -1.38. The Morgan fingerprint density at radius 2 is 2.21 bits per heavy atom. The summed E-state index contributed by atoms with van der Waals surface area (Å²) in [5, 5.41) is 9.82. The summed E-state index contributed by atoms with van der Waals surface area (Å²) >= 11 is 5.73. The lowest BCUT2D eigenvalue weighted by Gasteiger charge is -2.20. The first kappa shape index (κ1) is 15.5. The highest BCUT2D eigenvalue weighted by molar-refractivity contribution is 6.32. The number of halogens is 2. The van der Waals surface area contributed by atoms with Crippen LogP contribution in [0.2, 0.25) is 5.02 Å². The van der Waals surface area contributed by atoms with E-state index in [1.165, 1.54) is 19.2 Å². The summed E-state index contributed by atoms with van der Waals surface area (Å²) in [6.45, 7) is 1.58. The van der Waals surface area contributed by atoms with Gasteiger partial charge >= 0.3 is 5.97 Å². The molecular weight excluding hydrogens is 277 g/mol. The van der Waals surface area contributed by atoms with Gasteiger partial charge in [0.2, 0.25) is 6.17 Å². The van der Waals surface area contributed by atoms with Crippen LogP contribution in [0.25, 0.3) is 0 Å². The molecule has 19 heavy (non-hydrogen) atoms. The first-order valence-corrected chi connectivity index (χ1v) is 5.93. The number of carbonyl (C=O) groups excluding carboxylic acids is 1. The van der Waals surface area contributed by atoms with Crippen LogP contribution in [-0.2, 0) is 9.53 Å². The number of nitrogens with two attached hydrogens (primary N) is 1. The number of phenols is 1. The largest absolute Gasteiger partial charge is 0.506 e. The second kappa shape index (κ2) is 6.58. The average Bonchev–Trinajstić information content (AvgIpc) is 2.40. The molecule has 1 rings (SSSR count). The van der Waals surface area contributed by atoms with Gasteiger partial charge in [-0.1, -0.05) is 11.6 Å². The van der Waals surface area contributed by atoms with Gasteiger partial charge in [0.05, 0.1) is 30.3 Å². The molecule has 5 nitrogen and oxygen atoms in total. The highest BCUT2D eigenvalue weighted by Crippen LogP contribution is 2.39. The van der Waals surface area contributed by atoms with Gasteiger partial charge in [-0.25, -0.2) is 9.18 Å². The molecule has 0 spiro atoms. The summed E-state index contributed by atoms with van der Waals surface area (Å²) in [5.41, 5.74) is 5.57. The Balaban J connectivity index is 3.14. The second-order valence-electron chi connectivity index (χ2n) is 3.69. The molecule has 0 radical (unpaired) electrons. The Kier molecular flexibility index (Phi) is 5.38. The number of benzene rings is 1. The molecule has 0 amide bonds. The van der Waals surface area contributed by atoms with Crippen LogP contribution >= 0.6 is 11.6 Å². The highest BCUT2D eigenvalue weighted by Gasteiger charge is 2.32. The van der Waals surface area contributed by atoms with E-state index in [2.05, 4.69) is 4.74 Å². The number of carbonyl (C=O) groups is 1. The van der Waals surface area contributed by atoms with E-state index in [1.807, 2.05) is 0 Å². The van der Waals surface area contributed by atoms with Gasteiger partial charge in [0, 0.05) is 0 Å². The fourth-order valence-corrected chi connectivity index (χ4v) is 1.74. The summed E-state index contributed by atoms with van der Waals surface area (Å²) in [6, 6.07) is 1.37. The minimum atomic E-state index is -2.13. The zero-order valence-electron chi connectivity index (χ0n) is 10.5. The van der Waals surface area contributed by atoms with Crippen LogP contribution in [0.5, 0.6) is 11.5 Å².